The number of benzene rings is 1. The molecule has 0 aliphatic heterocycles. The quantitative estimate of drug-likeness (QED) is 0.196. The number of hydrogen-bond donors (Lipinski definition) is 0. The maximum atomic E-state index is 7.20. The molecule has 1 aliphatic carbocycles. The van der Waals surface area contributed by atoms with Gasteiger partial charge in [-0.2, -0.15) is 0 Å². The van der Waals surface area contributed by atoms with E-state index in [1.807, 2.05) is 0 Å². The van der Waals surface area contributed by atoms with Crippen molar-refractivity contribution in [3.05, 3.63) is 47.5 Å². The van der Waals surface area contributed by atoms with Crippen LogP contribution in [0.15, 0.2) is 42.0 Å². The normalized spacial score (nSPS) is 23.1. The largest absolute Gasteiger partial charge is 0.413 e. The van der Waals surface area contributed by atoms with Crippen LogP contribution < -0.4 is 0 Å². The molecule has 2 unspecified atom stereocenters. The summed E-state index contributed by atoms with van der Waals surface area (Å²) in [6.07, 6.45) is 4.03. The van der Waals surface area contributed by atoms with E-state index in [2.05, 4.69) is 138 Å². The van der Waals surface area contributed by atoms with Gasteiger partial charge in [0.05, 0.1) is 31.5 Å². The second-order valence-electron chi connectivity index (χ2n) is 16.4. The average molecular weight is 607 g/mol. The molecule has 4 nitrogen and oxygen atoms in total. The predicted molar refractivity (Wildman–Crippen MR) is 180 cm³/mol. The molecule has 1 aromatic rings. The molecular weight excluding hydrogens is 545 g/mol. The number of hydrogen-bond acceptors (Lipinski definition) is 4. The van der Waals surface area contributed by atoms with Crippen LogP contribution in [-0.2, 0) is 24.6 Å². The van der Waals surface area contributed by atoms with Crippen molar-refractivity contribution < 1.29 is 18.0 Å². The Hall–Kier alpha value is -0.549. The first-order valence-electron chi connectivity index (χ1n) is 15.3. The van der Waals surface area contributed by atoms with Gasteiger partial charge >= 0.3 is 0 Å². The molecule has 0 heterocycles. The standard InChI is InChI=1S/C33H62O4Si3/c1-31(2,3)38(10,11)35-22-21-28-29(36-39(12,13)32(4,5)6)23-27(34-25-26-19-17-16-18-20-26)24-30(28)37-40(14,15)33(7,8)9/h16-21,27,29-30H,22-25H2,1-15H3/t27?,29-,30?/m0/s1. The summed E-state index contributed by atoms with van der Waals surface area (Å²) in [5, 5.41) is 0.398. The maximum Gasteiger partial charge on any atom is 0.192 e. The van der Waals surface area contributed by atoms with Gasteiger partial charge in [0.25, 0.3) is 0 Å². The van der Waals surface area contributed by atoms with Crippen molar-refractivity contribution in [2.45, 2.75) is 154 Å². The van der Waals surface area contributed by atoms with Gasteiger partial charge in [0.15, 0.2) is 25.0 Å². The lowest BCUT2D eigenvalue weighted by atomic mass is 9.87. The fourth-order valence-electron chi connectivity index (χ4n) is 4.10. The van der Waals surface area contributed by atoms with E-state index in [1.165, 1.54) is 11.1 Å². The molecule has 0 aromatic heterocycles. The molecule has 3 atom stereocenters. The van der Waals surface area contributed by atoms with Crippen molar-refractivity contribution >= 4 is 25.0 Å². The topological polar surface area (TPSA) is 36.9 Å². The summed E-state index contributed by atoms with van der Waals surface area (Å²) in [7, 11) is -5.99. The average Bonchev–Trinajstić information content (AvgIpc) is 2.77. The smallest absolute Gasteiger partial charge is 0.192 e. The Labute approximate surface area is 251 Å². The van der Waals surface area contributed by atoms with Gasteiger partial charge < -0.3 is 18.0 Å². The zero-order valence-electron chi connectivity index (χ0n) is 28.7. The molecule has 2 rings (SSSR count). The van der Waals surface area contributed by atoms with Crippen molar-refractivity contribution in [3.63, 3.8) is 0 Å². The summed E-state index contributed by atoms with van der Waals surface area (Å²) in [4.78, 5) is 0. The van der Waals surface area contributed by atoms with Crippen molar-refractivity contribution in [1.82, 2.24) is 0 Å². The lowest BCUT2D eigenvalue weighted by molar-refractivity contribution is -0.0327. The third-order valence-electron chi connectivity index (χ3n) is 10.1. The summed E-state index contributed by atoms with van der Waals surface area (Å²) in [6.45, 7) is 36.1. The van der Waals surface area contributed by atoms with Crippen molar-refractivity contribution in [1.29, 1.82) is 0 Å². The summed E-state index contributed by atoms with van der Waals surface area (Å²) in [5.41, 5.74) is 2.48. The molecule has 0 amide bonds. The Morgan fingerprint density at radius 2 is 1.10 bits per heavy atom. The molecule has 0 radical (unpaired) electrons. The molecule has 7 heteroatoms. The van der Waals surface area contributed by atoms with Gasteiger partial charge in [-0.3, -0.25) is 0 Å². The van der Waals surface area contributed by atoms with Gasteiger partial charge in [-0.05, 0) is 65.5 Å². The van der Waals surface area contributed by atoms with Crippen LogP contribution in [-0.4, -0.2) is 49.9 Å². The minimum atomic E-state index is -2.05. The van der Waals surface area contributed by atoms with E-state index in [4.69, 9.17) is 18.0 Å². The highest BCUT2D eigenvalue weighted by atomic mass is 28.4. The van der Waals surface area contributed by atoms with Gasteiger partial charge in [-0.15, -0.1) is 0 Å². The Bertz CT molecular complexity index is 926. The second kappa shape index (κ2) is 13.0. The molecule has 40 heavy (non-hydrogen) atoms. The highest BCUT2D eigenvalue weighted by Gasteiger charge is 2.47. The van der Waals surface area contributed by atoms with E-state index in [0.717, 1.165) is 12.8 Å². The summed E-state index contributed by atoms with van der Waals surface area (Å²) in [5.74, 6) is 0. The number of ether oxygens (including phenoxy) is 1. The second-order valence-corrected chi connectivity index (χ2v) is 30.7. The van der Waals surface area contributed by atoms with Crippen LogP contribution in [0.3, 0.4) is 0 Å². The van der Waals surface area contributed by atoms with Gasteiger partial charge in [0, 0.05) is 12.8 Å². The Morgan fingerprint density at radius 3 is 1.50 bits per heavy atom. The van der Waals surface area contributed by atoms with Crippen LogP contribution in [0.25, 0.3) is 0 Å². The number of rotatable bonds is 10. The molecule has 0 spiro atoms. The summed E-state index contributed by atoms with van der Waals surface area (Å²) in [6, 6.07) is 10.5. The first kappa shape index (κ1) is 35.6. The Kier molecular flexibility index (Phi) is 11.6. The lowest BCUT2D eigenvalue weighted by Crippen LogP contribution is -2.52. The molecule has 0 bridgehead atoms. The van der Waals surface area contributed by atoms with Crippen molar-refractivity contribution in [2.75, 3.05) is 6.61 Å². The zero-order valence-corrected chi connectivity index (χ0v) is 31.7. The van der Waals surface area contributed by atoms with E-state index < -0.39 is 25.0 Å². The molecular formula is C33H62O4Si3. The monoisotopic (exact) mass is 606 g/mol. The molecule has 1 saturated carbocycles. The van der Waals surface area contributed by atoms with Gasteiger partial charge in [-0.1, -0.05) is 98.7 Å². The maximum absolute atomic E-state index is 7.20. The highest BCUT2D eigenvalue weighted by Crippen LogP contribution is 2.44. The van der Waals surface area contributed by atoms with Crippen molar-refractivity contribution in [3.8, 4) is 0 Å². The van der Waals surface area contributed by atoms with E-state index in [9.17, 15) is 0 Å². The van der Waals surface area contributed by atoms with Crippen molar-refractivity contribution in [2.24, 2.45) is 0 Å². The molecule has 230 valence electrons. The molecule has 1 aliphatic rings. The molecule has 0 N–H and O–H groups in total. The third kappa shape index (κ3) is 9.48. The first-order valence-corrected chi connectivity index (χ1v) is 24.0. The minimum absolute atomic E-state index is 0.0341. The fourth-order valence-corrected chi connectivity index (χ4v) is 7.63. The Morgan fingerprint density at radius 1 is 0.675 bits per heavy atom. The van der Waals surface area contributed by atoms with Crippen LogP contribution in [0.5, 0.6) is 0 Å². The molecule has 0 saturated heterocycles. The minimum Gasteiger partial charge on any atom is -0.413 e. The van der Waals surface area contributed by atoms with Gasteiger partial charge in [0.2, 0.25) is 0 Å². The SMILES string of the molecule is CC(C)(C)[Si](C)(C)OCC=C1C(O[Si](C)(C)C(C)(C)C)CC(OCc2ccccc2)C[C@@H]1O[Si](C)(C)C(C)(C)C. The van der Waals surface area contributed by atoms with Crippen LogP contribution in [0.1, 0.15) is 80.7 Å². The lowest BCUT2D eigenvalue weighted by Gasteiger charge is -2.47. The fraction of sp³-hybridized carbons (Fsp3) is 0.758. The van der Waals surface area contributed by atoms with Crippen LogP contribution in [0, 0.1) is 0 Å². The molecule has 1 aromatic carbocycles. The van der Waals surface area contributed by atoms with Gasteiger partial charge in [0.1, 0.15) is 0 Å². The van der Waals surface area contributed by atoms with Crippen LogP contribution in [0.4, 0.5) is 0 Å². The molecule has 1 fully saturated rings. The highest BCUT2D eigenvalue weighted by molar-refractivity contribution is 6.75. The first-order chi connectivity index (χ1) is 18.0. The summed E-state index contributed by atoms with van der Waals surface area (Å²) >= 11 is 0. The van der Waals surface area contributed by atoms with Crippen LogP contribution in [0.2, 0.25) is 54.4 Å². The predicted octanol–water partition coefficient (Wildman–Crippen LogP) is 10.1. The summed E-state index contributed by atoms with van der Waals surface area (Å²) < 4.78 is 27.7. The van der Waals surface area contributed by atoms with Gasteiger partial charge in [-0.25, -0.2) is 0 Å². The van der Waals surface area contributed by atoms with E-state index in [0.29, 0.717) is 13.2 Å². The van der Waals surface area contributed by atoms with Crippen LogP contribution >= 0.6 is 0 Å². The zero-order chi connectivity index (χ0) is 30.8. The third-order valence-corrected chi connectivity index (χ3v) is 23.6. The van der Waals surface area contributed by atoms with E-state index in [-0.39, 0.29) is 33.4 Å². The Balaban J connectivity index is 2.48. The van der Waals surface area contributed by atoms with E-state index in [1.54, 1.807) is 0 Å². The van der Waals surface area contributed by atoms with E-state index >= 15 is 0 Å².